The molecular formula is C15H20FNO2. The fraction of sp³-hybridized carbons (Fsp3) is 0.533. The molecule has 4 heteroatoms. The third-order valence-corrected chi connectivity index (χ3v) is 3.74. The van der Waals surface area contributed by atoms with Crippen LogP contribution in [-0.4, -0.2) is 35.1 Å². The molecule has 1 aromatic rings. The van der Waals surface area contributed by atoms with Gasteiger partial charge in [-0.1, -0.05) is 12.1 Å². The number of hydrogen-bond donors (Lipinski definition) is 1. The molecule has 0 spiro atoms. The average molecular weight is 265 g/mol. The number of rotatable bonds is 3. The van der Waals surface area contributed by atoms with E-state index in [1.807, 2.05) is 0 Å². The number of amides is 1. The molecule has 104 valence electrons. The lowest BCUT2D eigenvalue weighted by Gasteiger charge is -2.34. The first-order chi connectivity index (χ1) is 9.06. The lowest BCUT2D eigenvalue weighted by molar-refractivity contribution is -0.133. The summed E-state index contributed by atoms with van der Waals surface area (Å²) in [6.45, 7) is 3.11. The van der Waals surface area contributed by atoms with Crippen LogP contribution in [0.3, 0.4) is 0 Å². The summed E-state index contributed by atoms with van der Waals surface area (Å²) in [5.74, 6) is -0.146. The first kappa shape index (κ1) is 14.0. The van der Waals surface area contributed by atoms with Gasteiger partial charge in [-0.15, -0.1) is 0 Å². The third kappa shape index (κ3) is 3.77. The van der Waals surface area contributed by atoms with Gasteiger partial charge in [-0.05, 0) is 37.5 Å². The number of carbonyl (C=O) groups excluding carboxylic acids is 1. The van der Waals surface area contributed by atoms with Gasteiger partial charge in [0.25, 0.3) is 0 Å². The van der Waals surface area contributed by atoms with E-state index in [0.29, 0.717) is 12.1 Å². The first-order valence-corrected chi connectivity index (χ1v) is 6.76. The van der Waals surface area contributed by atoms with E-state index in [1.54, 1.807) is 24.0 Å². The van der Waals surface area contributed by atoms with Crippen LogP contribution in [0.4, 0.5) is 4.39 Å². The molecule has 1 heterocycles. The summed E-state index contributed by atoms with van der Waals surface area (Å²) in [4.78, 5) is 14.0. The number of likely N-dealkylation sites (tertiary alicyclic amines) is 1. The van der Waals surface area contributed by atoms with Gasteiger partial charge in [-0.25, -0.2) is 4.39 Å². The van der Waals surface area contributed by atoms with Crippen molar-refractivity contribution in [2.24, 2.45) is 5.92 Å². The van der Waals surface area contributed by atoms with Crippen molar-refractivity contribution in [3.8, 4) is 0 Å². The molecule has 1 N–H and O–H groups in total. The number of hydrogen-bond acceptors (Lipinski definition) is 2. The van der Waals surface area contributed by atoms with Crippen LogP contribution >= 0.6 is 0 Å². The maximum Gasteiger partial charge on any atom is 0.227 e. The minimum absolute atomic E-state index is 0.0101. The number of aliphatic hydroxyl groups excluding tert-OH is 1. The number of benzene rings is 1. The van der Waals surface area contributed by atoms with Gasteiger partial charge in [0.1, 0.15) is 5.82 Å². The molecule has 1 fully saturated rings. The van der Waals surface area contributed by atoms with Crippen LogP contribution in [0.15, 0.2) is 24.3 Å². The van der Waals surface area contributed by atoms with Crippen molar-refractivity contribution < 1.29 is 14.3 Å². The predicted molar refractivity (Wildman–Crippen MR) is 71.1 cm³/mol. The van der Waals surface area contributed by atoms with E-state index in [2.05, 4.69) is 0 Å². The Kier molecular flexibility index (Phi) is 4.53. The molecule has 0 aromatic heterocycles. The minimum Gasteiger partial charge on any atom is -0.393 e. The molecule has 1 aliphatic rings. The molecule has 1 aliphatic heterocycles. The van der Waals surface area contributed by atoms with Gasteiger partial charge in [-0.2, -0.15) is 0 Å². The van der Waals surface area contributed by atoms with Crippen molar-refractivity contribution in [2.45, 2.75) is 32.3 Å². The number of aliphatic hydroxyl groups is 1. The molecule has 1 saturated heterocycles. The smallest absolute Gasteiger partial charge is 0.227 e. The zero-order chi connectivity index (χ0) is 13.8. The Labute approximate surface area is 113 Å². The van der Waals surface area contributed by atoms with E-state index >= 15 is 0 Å². The fourth-order valence-electron chi connectivity index (χ4n) is 2.56. The second-order valence-corrected chi connectivity index (χ2v) is 5.29. The molecule has 0 saturated carbocycles. The van der Waals surface area contributed by atoms with E-state index in [0.717, 1.165) is 19.4 Å². The molecule has 0 radical (unpaired) electrons. The standard InChI is InChI=1S/C15H20FNO2/c1-11(18)13-5-3-7-17(10-13)15(19)9-12-4-2-6-14(16)8-12/h2,4,6,8,11,13,18H,3,5,7,9-10H2,1H3. The van der Waals surface area contributed by atoms with Gasteiger partial charge < -0.3 is 10.0 Å². The lowest BCUT2D eigenvalue weighted by Crippen LogP contribution is -2.43. The maximum absolute atomic E-state index is 13.1. The Bertz CT molecular complexity index is 448. The molecule has 2 rings (SSSR count). The SMILES string of the molecule is CC(O)C1CCCN(C(=O)Cc2cccc(F)c2)C1. The molecule has 1 aromatic carbocycles. The van der Waals surface area contributed by atoms with Crippen LogP contribution in [0.25, 0.3) is 0 Å². The summed E-state index contributed by atoms with van der Waals surface area (Å²) in [5, 5.41) is 9.62. The summed E-state index contributed by atoms with van der Waals surface area (Å²) >= 11 is 0. The van der Waals surface area contributed by atoms with Crippen molar-refractivity contribution in [1.29, 1.82) is 0 Å². The number of nitrogens with zero attached hydrogens (tertiary/aromatic N) is 1. The highest BCUT2D eigenvalue weighted by atomic mass is 19.1. The zero-order valence-corrected chi connectivity index (χ0v) is 11.2. The molecule has 19 heavy (non-hydrogen) atoms. The Morgan fingerprint density at radius 2 is 2.37 bits per heavy atom. The van der Waals surface area contributed by atoms with Crippen LogP contribution in [0.2, 0.25) is 0 Å². The van der Waals surface area contributed by atoms with Gasteiger partial charge >= 0.3 is 0 Å². The van der Waals surface area contributed by atoms with Crippen LogP contribution in [0.1, 0.15) is 25.3 Å². The Morgan fingerprint density at radius 1 is 1.58 bits per heavy atom. The van der Waals surface area contributed by atoms with Gasteiger partial charge in [-0.3, -0.25) is 4.79 Å². The van der Waals surface area contributed by atoms with Crippen molar-refractivity contribution in [1.82, 2.24) is 4.90 Å². The van der Waals surface area contributed by atoms with E-state index in [-0.39, 0.29) is 30.2 Å². The van der Waals surface area contributed by atoms with Crippen molar-refractivity contribution in [2.75, 3.05) is 13.1 Å². The second kappa shape index (κ2) is 6.15. The molecule has 2 unspecified atom stereocenters. The summed E-state index contributed by atoms with van der Waals surface area (Å²) in [6.07, 6.45) is 1.72. The highest BCUT2D eigenvalue weighted by molar-refractivity contribution is 5.78. The van der Waals surface area contributed by atoms with Crippen LogP contribution in [0.5, 0.6) is 0 Å². The molecule has 1 amide bonds. The van der Waals surface area contributed by atoms with Crippen LogP contribution < -0.4 is 0 Å². The Balaban J connectivity index is 1.96. The van der Waals surface area contributed by atoms with Gasteiger partial charge in [0, 0.05) is 19.0 Å². The Morgan fingerprint density at radius 3 is 3.05 bits per heavy atom. The third-order valence-electron chi connectivity index (χ3n) is 3.74. The summed E-state index contributed by atoms with van der Waals surface area (Å²) in [7, 11) is 0. The molecular weight excluding hydrogens is 245 g/mol. The molecule has 0 bridgehead atoms. The van der Waals surface area contributed by atoms with Crippen LogP contribution in [-0.2, 0) is 11.2 Å². The van der Waals surface area contributed by atoms with Crippen LogP contribution in [0, 0.1) is 11.7 Å². The second-order valence-electron chi connectivity index (χ2n) is 5.29. The predicted octanol–water partition coefficient (Wildman–Crippen LogP) is 1.99. The quantitative estimate of drug-likeness (QED) is 0.908. The van der Waals surface area contributed by atoms with E-state index in [9.17, 15) is 14.3 Å². The topological polar surface area (TPSA) is 40.5 Å². The first-order valence-electron chi connectivity index (χ1n) is 6.76. The monoisotopic (exact) mass is 265 g/mol. The van der Waals surface area contributed by atoms with E-state index < -0.39 is 0 Å². The normalized spacial score (nSPS) is 21.2. The largest absolute Gasteiger partial charge is 0.393 e. The number of carbonyl (C=O) groups is 1. The minimum atomic E-state index is -0.384. The summed E-state index contributed by atoms with van der Waals surface area (Å²) in [5.41, 5.74) is 0.698. The molecule has 3 nitrogen and oxygen atoms in total. The molecule has 0 aliphatic carbocycles. The number of piperidine rings is 1. The van der Waals surface area contributed by atoms with E-state index in [1.165, 1.54) is 12.1 Å². The average Bonchev–Trinajstić information content (AvgIpc) is 2.39. The van der Waals surface area contributed by atoms with Gasteiger partial charge in [0.15, 0.2) is 0 Å². The number of halogens is 1. The summed E-state index contributed by atoms with van der Waals surface area (Å²) < 4.78 is 13.1. The van der Waals surface area contributed by atoms with Crippen molar-refractivity contribution >= 4 is 5.91 Å². The highest BCUT2D eigenvalue weighted by Gasteiger charge is 2.26. The van der Waals surface area contributed by atoms with Crippen molar-refractivity contribution in [3.63, 3.8) is 0 Å². The highest BCUT2D eigenvalue weighted by Crippen LogP contribution is 2.20. The van der Waals surface area contributed by atoms with Gasteiger partial charge in [0.2, 0.25) is 5.91 Å². The van der Waals surface area contributed by atoms with Gasteiger partial charge in [0.05, 0.1) is 12.5 Å². The Hall–Kier alpha value is -1.42. The zero-order valence-electron chi connectivity index (χ0n) is 11.2. The summed E-state index contributed by atoms with van der Waals surface area (Å²) in [6, 6.07) is 6.15. The lowest BCUT2D eigenvalue weighted by atomic mass is 9.93. The van der Waals surface area contributed by atoms with Crippen molar-refractivity contribution in [3.05, 3.63) is 35.6 Å². The fourth-order valence-corrected chi connectivity index (χ4v) is 2.56. The molecule has 2 atom stereocenters. The maximum atomic E-state index is 13.1. The van der Waals surface area contributed by atoms with E-state index in [4.69, 9.17) is 0 Å².